The van der Waals surface area contributed by atoms with Gasteiger partial charge in [0.05, 0.1) is 11.0 Å². The Morgan fingerprint density at radius 3 is 2.39 bits per heavy atom. The Balaban J connectivity index is 1.92. The lowest BCUT2D eigenvalue weighted by Crippen LogP contribution is -2.44. The van der Waals surface area contributed by atoms with Crippen LogP contribution in [0, 0.1) is 21.4 Å². The molecule has 0 saturated carbocycles. The van der Waals surface area contributed by atoms with Crippen molar-refractivity contribution in [1.29, 1.82) is 5.26 Å². The zero-order chi connectivity index (χ0) is 16.7. The van der Waals surface area contributed by atoms with Crippen molar-refractivity contribution in [2.24, 2.45) is 0 Å². The first-order valence-corrected chi connectivity index (χ1v) is 6.84. The number of nitro benzene ring substituents is 1. The van der Waals surface area contributed by atoms with Crippen LogP contribution in [-0.4, -0.2) is 16.9 Å². The van der Waals surface area contributed by atoms with E-state index in [1.807, 2.05) is 30.3 Å². The summed E-state index contributed by atoms with van der Waals surface area (Å²) in [7, 11) is 0. The first kappa shape index (κ1) is 16.1. The number of non-ortho nitro benzene ring substituents is 1. The fourth-order valence-electron chi connectivity index (χ4n) is 1.94. The van der Waals surface area contributed by atoms with Gasteiger partial charge >= 0.3 is 0 Å². The molecule has 0 aliphatic carbocycles. The van der Waals surface area contributed by atoms with Crippen LogP contribution < -0.4 is 10.9 Å². The summed E-state index contributed by atoms with van der Waals surface area (Å²) < 4.78 is 0. The monoisotopic (exact) mass is 310 g/mol. The van der Waals surface area contributed by atoms with Gasteiger partial charge in [-0.3, -0.25) is 20.3 Å². The molecule has 0 heterocycles. The molecule has 116 valence electrons. The second kappa shape index (κ2) is 7.68. The number of nitrogens with one attached hydrogen (secondary N) is 2. The van der Waals surface area contributed by atoms with E-state index in [0.29, 0.717) is 6.42 Å². The number of carbonyl (C=O) groups excluding carboxylic acids is 1. The molecule has 0 saturated heterocycles. The van der Waals surface area contributed by atoms with Gasteiger partial charge in [0.2, 0.25) is 0 Å². The van der Waals surface area contributed by atoms with Gasteiger partial charge in [-0.2, -0.15) is 5.26 Å². The number of nitro groups is 1. The number of benzene rings is 2. The van der Waals surface area contributed by atoms with E-state index in [0.717, 1.165) is 5.56 Å². The number of amides is 1. The average molecular weight is 310 g/mol. The zero-order valence-corrected chi connectivity index (χ0v) is 12.1. The van der Waals surface area contributed by atoms with Gasteiger partial charge < -0.3 is 0 Å². The molecule has 1 atom stereocenters. The van der Waals surface area contributed by atoms with E-state index < -0.39 is 16.9 Å². The minimum Gasteiger partial charge on any atom is -0.286 e. The number of nitriles is 1. The summed E-state index contributed by atoms with van der Waals surface area (Å²) in [6.07, 6.45) is 0.442. The van der Waals surface area contributed by atoms with E-state index in [9.17, 15) is 14.9 Å². The Bertz CT molecular complexity index is 723. The van der Waals surface area contributed by atoms with Crippen molar-refractivity contribution >= 4 is 11.6 Å². The van der Waals surface area contributed by atoms with Crippen LogP contribution in [0.2, 0.25) is 0 Å². The topological polar surface area (TPSA) is 108 Å². The maximum atomic E-state index is 11.9. The van der Waals surface area contributed by atoms with Crippen LogP contribution in [-0.2, 0) is 6.42 Å². The molecule has 0 bridgehead atoms. The predicted molar refractivity (Wildman–Crippen MR) is 83.2 cm³/mol. The Morgan fingerprint density at radius 1 is 1.17 bits per heavy atom. The molecular formula is C16H14N4O3. The lowest BCUT2D eigenvalue weighted by Gasteiger charge is -2.12. The first-order chi connectivity index (χ1) is 11.1. The molecule has 0 radical (unpaired) electrons. The fraction of sp³-hybridized carbons (Fsp3) is 0.125. The second-order valence-corrected chi connectivity index (χ2v) is 4.77. The largest absolute Gasteiger partial charge is 0.286 e. The molecule has 0 aliphatic heterocycles. The normalized spacial score (nSPS) is 11.3. The number of hydrogen-bond donors (Lipinski definition) is 2. The van der Waals surface area contributed by atoms with Crippen molar-refractivity contribution in [3.05, 3.63) is 75.8 Å². The standard InChI is InChI=1S/C16H14N4O3/c17-11-14(10-12-4-2-1-3-5-12)18-19-16(21)13-6-8-15(9-7-13)20(22)23/h1-9,14,18H,10H2,(H,19,21)/t14-/m1/s1. The number of nitrogens with zero attached hydrogens (tertiary/aromatic N) is 2. The Hall–Kier alpha value is -3.24. The van der Waals surface area contributed by atoms with Gasteiger partial charge in [0.25, 0.3) is 11.6 Å². The van der Waals surface area contributed by atoms with Crippen molar-refractivity contribution in [3.8, 4) is 6.07 Å². The highest BCUT2D eigenvalue weighted by Crippen LogP contribution is 2.11. The Labute approximate surface area is 132 Å². The maximum Gasteiger partial charge on any atom is 0.269 e. The maximum absolute atomic E-state index is 11.9. The molecule has 2 N–H and O–H groups in total. The highest BCUT2D eigenvalue weighted by molar-refractivity contribution is 5.94. The van der Waals surface area contributed by atoms with Gasteiger partial charge in [-0.15, -0.1) is 0 Å². The Morgan fingerprint density at radius 2 is 1.83 bits per heavy atom. The molecule has 1 amide bonds. The van der Waals surface area contributed by atoms with E-state index in [4.69, 9.17) is 5.26 Å². The van der Waals surface area contributed by atoms with Crippen LogP contribution in [0.3, 0.4) is 0 Å². The summed E-state index contributed by atoms with van der Waals surface area (Å²) in [6, 6.07) is 16.1. The second-order valence-electron chi connectivity index (χ2n) is 4.77. The summed E-state index contributed by atoms with van der Waals surface area (Å²) in [4.78, 5) is 22.0. The number of hydrogen-bond acceptors (Lipinski definition) is 5. The smallest absolute Gasteiger partial charge is 0.269 e. The van der Waals surface area contributed by atoms with Crippen molar-refractivity contribution < 1.29 is 9.72 Å². The van der Waals surface area contributed by atoms with Crippen LogP contribution >= 0.6 is 0 Å². The van der Waals surface area contributed by atoms with Crippen molar-refractivity contribution in [1.82, 2.24) is 10.9 Å². The van der Waals surface area contributed by atoms with Crippen LogP contribution in [0.4, 0.5) is 5.69 Å². The molecule has 2 aromatic carbocycles. The molecule has 2 aromatic rings. The predicted octanol–water partition coefficient (Wildman–Crippen LogP) is 1.96. The van der Waals surface area contributed by atoms with Crippen molar-refractivity contribution in [2.75, 3.05) is 0 Å². The molecule has 7 heteroatoms. The summed E-state index contributed by atoms with van der Waals surface area (Å²) in [6.45, 7) is 0. The molecular weight excluding hydrogens is 296 g/mol. The van der Waals surface area contributed by atoms with Gasteiger partial charge in [-0.25, -0.2) is 5.43 Å². The summed E-state index contributed by atoms with van der Waals surface area (Å²) in [5.74, 6) is -0.465. The molecule has 0 unspecified atom stereocenters. The number of hydrazine groups is 1. The van der Waals surface area contributed by atoms with Gasteiger partial charge in [0.1, 0.15) is 6.04 Å². The molecule has 0 fully saturated rings. The molecule has 7 nitrogen and oxygen atoms in total. The third-order valence-electron chi connectivity index (χ3n) is 3.14. The van der Waals surface area contributed by atoms with E-state index in [1.54, 1.807) is 0 Å². The summed E-state index contributed by atoms with van der Waals surface area (Å²) >= 11 is 0. The van der Waals surface area contributed by atoms with Crippen LogP contribution in [0.25, 0.3) is 0 Å². The van der Waals surface area contributed by atoms with E-state index in [2.05, 4.69) is 16.9 Å². The highest BCUT2D eigenvalue weighted by Gasteiger charge is 2.12. The summed E-state index contributed by atoms with van der Waals surface area (Å²) in [5.41, 5.74) is 6.24. The van der Waals surface area contributed by atoms with E-state index >= 15 is 0 Å². The minimum absolute atomic E-state index is 0.0894. The van der Waals surface area contributed by atoms with Crippen LogP contribution in [0.1, 0.15) is 15.9 Å². The fourth-order valence-corrected chi connectivity index (χ4v) is 1.94. The van der Waals surface area contributed by atoms with Crippen LogP contribution in [0.5, 0.6) is 0 Å². The highest BCUT2D eigenvalue weighted by atomic mass is 16.6. The zero-order valence-electron chi connectivity index (χ0n) is 12.1. The summed E-state index contributed by atoms with van der Waals surface area (Å²) in [5, 5.41) is 19.7. The third-order valence-corrected chi connectivity index (χ3v) is 3.14. The molecule has 0 aromatic heterocycles. The quantitative estimate of drug-likeness (QED) is 0.626. The molecule has 2 rings (SSSR count). The lowest BCUT2D eigenvalue weighted by molar-refractivity contribution is -0.384. The first-order valence-electron chi connectivity index (χ1n) is 6.84. The third kappa shape index (κ3) is 4.62. The number of rotatable bonds is 6. The van der Waals surface area contributed by atoms with Gasteiger partial charge in [-0.1, -0.05) is 30.3 Å². The Kier molecular flexibility index (Phi) is 5.39. The van der Waals surface area contributed by atoms with Crippen LogP contribution in [0.15, 0.2) is 54.6 Å². The molecule has 0 aliphatic rings. The molecule has 23 heavy (non-hydrogen) atoms. The minimum atomic E-state index is -0.584. The molecule has 0 spiro atoms. The number of carbonyl (C=O) groups is 1. The van der Waals surface area contributed by atoms with E-state index in [1.165, 1.54) is 24.3 Å². The van der Waals surface area contributed by atoms with Crippen molar-refractivity contribution in [2.45, 2.75) is 12.5 Å². The van der Waals surface area contributed by atoms with Gasteiger partial charge in [-0.05, 0) is 17.7 Å². The lowest BCUT2D eigenvalue weighted by atomic mass is 10.1. The van der Waals surface area contributed by atoms with Crippen molar-refractivity contribution in [3.63, 3.8) is 0 Å². The SMILES string of the molecule is N#C[C@@H](Cc1ccccc1)NNC(=O)c1ccc([N+](=O)[O-])cc1. The van der Waals surface area contributed by atoms with E-state index in [-0.39, 0.29) is 11.3 Å². The van der Waals surface area contributed by atoms with Gasteiger partial charge in [0.15, 0.2) is 0 Å². The van der Waals surface area contributed by atoms with Gasteiger partial charge in [0, 0.05) is 24.1 Å². The average Bonchev–Trinajstić information content (AvgIpc) is 2.59.